The molecule has 1 aliphatic heterocycles. The zero-order valence-corrected chi connectivity index (χ0v) is 20.0. The fourth-order valence-corrected chi connectivity index (χ4v) is 6.40. The second-order valence-corrected chi connectivity index (χ2v) is 11.5. The van der Waals surface area contributed by atoms with Crippen molar-refractivity contribution in [3.8, 4) is 5.75 Å². The molecule has 1 aliphatic rings. The number of morpholine rings is 1. The number of halogens is 2. The maximum Gasteiger partial charge on any atom is 0.342 e. The Morgan fingerprint density at radius 1 is 1.29 bits per heavy atom. The highest BCUT2D eigenvalue weighted by Gasteiger charge is 2.22. The van der Waals surface area contributed by atoms with Crippen molar-refractivity contribution < 1.29 is 27.8 Å². The molecule has 2 heterocycles. The minimum absolute atomic E-state index is 0.0124. The zero-order chi connectivity index (χ0) is 22.6. The average Bonchev–Trinajstić information content (AvgIpc) is 3.06. The number of sulfone groups is 1. The summed E-state index contributed by atoms with van der Waals surface area (Å²) in [7, 11) is -3.69. The summed E-state index contributed by atoms with van der Waals surface area (Å²) in [5.41, 5.74) is 0.316. The van der Waals surface area contributed by atoms with Crippen molar-refractivity contribution in [2.75, 3.05) is 32.8 Å². The lowest BCUT2D eigenvalue weighted by atomic mass is 10.1. The van der Waals surface area contributed by atoms with Crippen molar-refractivity contribution in [3.63, 3.8) is 0 Å². The molecule has 0 saturated carbocycles. The first kappa shape index (κ1) is 24.3. The molecule has 1 aromatic carbocycles. The van der Waals surface area contributed by atoms with E-state index in [0.717, 1.165) is 31.0 Å². The molecule has 170 valence electrons. The van der Waals surface area contributed by atoms with E-state index in [2.05, 4.69) is 4.90 Å². The van der Waals surface area contributed by atoms with E-state index in [9.17, 15) is 18.3 Å². The van der Waals surface area contributed by atoms with Crippen LogP contribution in [0.1, 0.15) is 29.3 Å². The summed E-state index contributed by atoms with van der Waals surface area (Å²) in [4.78, 5) is 14.7. The number of benzene rings is 1. The Bertz CT molecular complexity index is 1010. The van der Waals surface area contributed by atoms with Gasteiger partial charge in [-0.3, -0.25) is 4.90 Å². The molecule has 0 spiro atoms. The number of hydrogen-bond acceptors (Lipinski definition) is 8. The highest BCUT2D eigenvalue weighted by Crippen LogP contribution is 2.36. The number of carbonyl (C=O) groups is 1. The van der Waals surface area contributed by atoms with Gasteiger partial charge in [0.15, 0.2) is 9.84 Å². The van der Waals surface area contributed by atoms with E-state index < -0.39 is 15.8 Å². The third-order valence-corrected chi connectivity index (χ3v) is 8.95. The Morgan fingerprint density at radius 3 is 2.61 bits per heavy atom. The van der Waals surface area contributed by atoms with Gasteiger partial charge in [0.05, 0.1) is 24.0 Å². The summed E-state index contributed by atoms with van der Waals surface area (Å²) in [6, 6.07) is 5.39. The first-order valence-corrected chi connectivity index (χ1v) is 12.9. The molecule has 31 heavy (non-hydrogen) atoms. The SMILES string of the molecule is CC(CCN1CCOCC1)OC(=O)c1ccc(CS(=O)(=O)c2cc(Cl)c(Cl)s2)cc1O. The topological polar surface area (TPSA) is 93.1 Å². The van der Waals surface area contributed by atoms with E-state index in [4.69, 9.17) is 32.7 Å². The minimum Gasteiger partial charge on any atom is -0.507 e. The van der Waals surface area contributed by atoms with Crippen LogP contribution < -0.4 is 0 Å². The van der Waals surface area contributed by atoms with Crippen LogP contribution in [0.5, 0.6) is 5.75 Å². The first-order chi connectivity index (χ1) is 14.7. The Balaban J connectivity index is 1.59. The maximum atomic E-state index is 12.6. The third kappa shape index (κ3) is 6.57. The number of esters is 1. The van der Waals surface area contributed by atoms with Gasteiger partial charge in [-0.15, -0.1) is 11.3 Å². The normalized spacial score (nSPS) is 16.2. The second-order valence-electron chi connectivity index (χ2n) is 7.26. The molecular formula is C20H23Cl2NO6S2. The maximum absolute atomic E-state index is 12.6. The smallest absolute Gasteiger partial charge is 0.342 e. The molecule has 7 nitrogen and oxygen atoms in total. The number of phenols is 1. The lowest BCUT2D eigenvalue weighted by Gasteiger charge is -2.27. The van der Waals surface area contributed by atoms with E-state index in [1.165, 1.54) is 24.3 Å². The van der Waals surface area contributed by atoms with Crippen LogP contribution in [0.3, 0.4) is 0 Å². The molecule has 0 amide bonds. The Labute approximate surface area is 195 Å². The molecule has 1 aromatic heterocycles. The number of hydrogen-bond donors (Lipinski definition) is 1. The number of aromatic hydroxyl groups is 1. The number of rotatable bonds is 8. The summed E-state index contributed by atoms with van der Waals surface area (Å²) >= 11 is 12.6. The largest absolute Gasteiger partial charge is 0.507 e. The summed E-state index contributed by atoms with van der Waals surface area (Å²) in [6.07, 6.45) is 0.331. The lowest BCUT2D eigenvalue weighted by Crippen LogP contribution is -2.38. The molecule has 1 unspecified atom stereocenters. The zero-order valence-electron chi connectivity index (χ0n) is 16.8. The molecule has 3 rings (SSSR count). The number of carbonyl (C=O) groups excluding carboxylic acids is 1. The van der Waals surface area contributed by atoms with Crippen molar-refractivity contribution in [2.45, 2.75) is 29.4 Å². The monoisotopic (exact) mass is 507 g/mol. The summed E-state index contributed by atoms with van der Waals surface area (Å²) in [5.74, 6) is -1.35. The van der Waals surface area contributed by atoms with Crippen molar-refractivity contribution in [3.05, 3.63) is 44.8 Å². The van der Waals surface area contributed by atoms with E-state index in [0.29, 0.717) is 25.2 Å². The highest BCUT2D eigenvalue weighted by atomic mass is 35.5. The van der Waals surface area contributed by atoms with Gasteiger partial charge >= 0.3 is 5.97 Å². The summed E-state index contributed by atoms with van der Waals surface area (Å²) < 4.78 is 36.1. The van der Waals surface area contributed by atoms with Crippen molar-refractivity contribution in [1.29, 1.82) is 0 Å². The molecule has 0 bridgehead atoms. The summed E-state index contributed by atoms with van der Waals surface area (Å²) in [5, 5.41) is 10.4. The lowest BCUT2D eigenvalue weighted by molar-refractivity contribution is 0.0169. The third-order valence-electron chi connectivity index (χ3n) is 4.83. The van der Waals surface area contributed by atoms with E-state index in [-0.39, 0.29) is 36.7 Å². The number of phenolic OH excluding ortho intramolecular Hbond substituents is 1. The highest BCUT2D eigenvalue weighted by molar-refractivity contribution is 7.92. The van der Waals surface area contributed by atoms with Gasteiger partial charge in [0, 0.05) is 19.6 Å². The van der Waals surface area contributed by atoms with Crippen molar-refractivity contribution in [1.82, 2.24) is 4.90 Å². The molecular weight excluding hydrogens is 485 g/mol. The van der Waals surface area contributed by atoms with Gasteiger partial charge in [0.1, 0.15) is 26.0 Å². The number of thiophene rings is 1. The Morgan fingerprint density at radius 2 is 2.00 bits per heavy atom. The van der Waals surface area contributed by atoms with Crippen LogP contribution in [0, 0.1) is 0 Å². The van der Waals surface area contributed by atoms with E-state index >= 15 is 0 Å². The number of ether oxygens (including phenoxy) is 2. The predicted molar refractivity (Wildman–Crippen MR) is 120 cm³/mol. The van der Waals surface area contributed by atoms with Gasteiger partial charge in [0.25, 0.3) is 0 Å². The second kappa shape index (κ2) is 10.5. The first-order valence-electron chi connectivity index (χ1n) is 9.66. The van der Waals surface area contributed by atoms with Crippen LogP contribution in [-0.2, 0) is 25.1 Å². The molecule has 0 radical (unpaired) electrons. The van der Waals surface area contributed by atoms with Crippen molar-refractivity contribution >= 4 is 50.3 Å². The van der Waals surface area contributed by atoms with E-state index in [1.54, 1.807) is 6.92 Å². The summed E-state index contributed by atoms with van der Waals surface area (Å²) in [6.45, 7) is 5.71. The van der Waals surface area contributed by atoms with Gasteiger partial charge in [-0.1, -0.05) is 29.3 Å². The minimum atomic E-state index is -3.69. The standard InChI is InChI=1S/C20H23Cl2NO6S2/c1-13(4-5-23-6-8-28-9-7-23)29-20(25)15-3-2-14(10-17(15)24)12-31(26,27)18-11-16(21)19(22)30-18/h2-3,10-11,13,24H,4-9,12H2,1H3. The number of nitrogens with zero attached hydrogens (tertiary/aromatic N) is 1. The molecule has 1 atom stereocenters. The molecule has 2 aromatic rings. The van der Waals surface area contributed by atoms with Crippen LogP contribution in [0.2, 0.25) is 9.36 Å². The van der Waals surface area contributed by atoms with Gasteiger partial charge in [-0.2, -0.15) is 0 Å². The van der Waals surface area contributed by atoms with Crippen LogP contribution >= 0.6 is 34.5 Å². The van der Waals surface area contributed by atoms with Gasteiger partial charge in [-0.25, -0.2) is 13.2 Å². The Hall–Kier alpha value is -1.36. The molecule has 1 fully saturated rings. The van der Waals surface area contributed by atoms with Crippen molar-refractivity contribution in [2.24, 2.45) is 0 Å². The Kier molecular flexibility index (Phi) is 8.23. The van der Waals surface area contributed by atoms with Crippen LogP contribution in [0.25, 0.3) is 0 Å². The van der Waals surface area contributed by atoms with Gasteiger partial charge < -0.3 is 14.6 Å². The van der Waals surface area contributed by atoms with E-state index in [1.807, 2.05) is 0 Å². The molecule has 1 saturated heterocycles. The van der Waals surface area contributed by atoms with Gasteiger partial charge in [-0.05, 0) is 37.1 Å². The molecule has 1 N–H and O–H groups in total. The van der Waals surface area contributed by atoms with Crippen LogP contribution in [0.4, 0.5) is 0 Å². The van der Waals surface area contributed by atoms with Crippen LogP contribution in [-0.4, -0.2) is 63.3 Å². The van der Waals surface area contributed by atoms with Gasteiger partial charge in [0.2, 0.25) is 0 Å². The molecule has 0 aliphatic carbocycles. The fourth-order valence-electron chi connectivity index (χ4n) is 3.10. The fraction of sp³-hybridized carbons (Fsp3) is 0.450. The molecule has 11 heteroatoms. The average molecular weight is 508 g/mol. The van der Waals surface area contributed by atoms with Crippen LogP contribution in [0.15, 0.2) is 28.5 Å². The predicted octanol–water partition coefficient (Wildman–Crippen LogP) is 4.00. The quantitative estimate of drug-likeness (QED) is 0.539.